The molecule has 1 heterocycles. The Kier molecular flexibility index (Phi) is 4.57. The molecular weight excluding hydrogens is 248 g/mol. The molecule has 1 aliphatic rings. The van der Waals surface area contributed by atoms with Crippen LogP contribution in [0.25, 0.3) is 0 Å². The molecule has 2 rings (SSSR count). The number of aromatic nitrogens is 2. The molecule has 1 fully saturated rings. The molecule has 0 aromatic carbocycles. The fraction of sp³-hybridized carbons (Fsp3) is 0.714. The molecule has 0 amide bonds. The standard InChI is InChI=1S/C14H21ClN2O/c1-4-18-13(10-5-6-10)14-16-8-11(7-15)12(17-14)9(2)3/h8-10,13H,4-7H2,1-3H3. The number of hydrogen-bond donors (Lipinski definition) is 0. The van der Waals surface area contributed by atoms with Crippen LogP contribution in [-0.4, -0.2) is 16.6 Å². The molecule has 1 atom stereocenters. The van der Waals surface area contributed by atoms with Gasteiger partial charge in [-0.1, -0.05) is 13.8 Å². The maximum atomic E-state index is 5.93. The van der Waals surface area contributed by atoms with Crippen molar-refractivity contribution in [2.75, 3.05) is 6.61 Å². The third-order valence-electron chi connectivity index (χ3n) is 3.26. The highest BCUT2D eigenvalue weighted by molar-refractivity contribution is 6.17. The molecule has 100 valence electrons. The number of alkyl halides is 1. The fourth-order valence-electron chi connectivity index (χ4n) is 2.17. The Morgan fingerprint density at radius 2 is 2.17 bits per heavy atom. The lowest BCUT2D eigenvalue weighted by molar-refractivity contribution is 0.0398. The number of halogens is 1. The molecule has 0 radical (unpaired) electrons. The summed E-state index contributed by atoms with van der Waals surface area (Å²) in [6.45, 7) is 6.99. The summed E-state index contributed by atoms with van der Waals surface area (Å²) in [4.78, 5) is 9.15. The van der Waals surface area contributed by atoms with Gasteiger partial charge in [-0.2, -0.15) is 0 Å². The van der Waals surface area contributed by atoms with Crippen molar-refractivity contribution in [3.8, 4) is 0 Å². The van der Waals surface area contributed by atoms with Crippen LogP contribution >= 0.6 is 11.6 Å². The molecular formula is C14H21ClN2O. The minimum Gasteiger partial charge on any atom is -0.370 e. The van der Waals surface area contributed by atoms with Gasteiger partial charge in [0.05, 0.1) is 11.6 Å². The highest BCUT2D eigenvalue weighted by Crippen LogP contribution is 2.42. The van der Waals surface area contributed by atoms with Crippen LogP contribution in [0, 0.1) is 5.92 Å². The van der Waals surface area contributed by atoms with Gasteiger partial charge in [0.2, 0.25) is 0 Å². The average molecular weight is 269 g/mol. The molecule has 1 aromatic rings. The van der Waals surface area contributed by atoms with E-state index in [2.05, 4.69) is 18.8 Å². The molecule has 1 aromatic heterocycles. The van der Waals surface area contributed by atoms with Crippen molar-refractivity contribution < 1.29 is 4.74 Å². The van der Waals surface area contributed by atoms with Crippen LogP contribution in [0.5, 0.6) is 0 Å². The molecule has 3 nitrogen and oxygen atoms in total. The first-order chi connectivity index (χ1) is 8.67. The number of rotatable bonds is 6. The van der Waals surface area contributed by atoms with E-state index >= 15 is 0 Å². The van der Waals surface area contributed by atoms with Gasteiger partial charge in [-0.3, -0.25) is 0 Å². The SMILES string of the molecule is CCOC(c1ncc(CCl)c(C(C)C)n1)C1CC1. The third kappa shape index (κ3) is 3.01. The van der Waals surface area contributed by atoms with Crippen LogP contribution in [0.2, 0.25) is 0 Å². The zero-order chi connectivity index (χ0) is 13.1. The van der Waals surface area contributed by atoms with Crippen molar-refractivity contribution >= 4 is 11.6 Å². The zero-order valence-corrected chi connectivity index (χ0v) is 12.1. The van der Waals surface area contributed by atoms with E-state index in [1.807, 2.05) is 13.1 Å². The summed E-state index contributed by atoms with van der Waals surface area (Å²) in [6, 6.07) is 0. The second-order valence-corrected chi connectivity index (χ2v) is 5.41. The van der Waals surface area contributed by atoms with Gasteiger partial charge < -0.3 is 4.74 Å². The quantitative estimate of drug-likeness (QED) is 0.736. The van der Waals surface area contributed by atoms with E-state index in [1.54, 1.807) is 0 Å². The highest BCUT2D eigenvalue weighted by Gasteiger charge is 2.35. The van der Waals surface area contributed by atoms with Crippen molar-refractivity contribution in [2.45, 2.75) is 51.5 Å². The van der Waals surface area contributed by atoms with Gasteiger partial charge in [0, 0.05) is 18.4 Å². The first-order valence-corrected chi connectivity index (χ1v) is 7.24. The smallest absolute Gasteiger partial charge is 0.157 e. The second-order valence-electron chi connectivity index (χ2n) is 5.14. The maximum Gasteiger partial charge on any atom is 0.157 e. The first-order valence-electron chi connectivity index (χ1n) is 6.70. The minimum absolute atomic E-state index is 0.0666. The molecule has 1 saturated carbocycles. The lowest BCUT2D eigenvalue weighted by Gasteiger charge is -2.17. The molecule has 1 unspecified atom stereocenters. The molecule has 0 aliphatic heterocycles. The number of hydrogen-bond acceptors (Lipinski definition) is 3. The van der Waals surface area contributed by atoms with Gasteiger partial charge in [0.1, 0.15) is 6.10 Å². The topological polar surface area (TPSA) is 35.0 Å². The summed E-state index contributed by atoms with van der Waals surface area (Å²) < 4.78 is 5.80. The normalized spacial score (nSPS) is 17.2. The van der Waals surface area contributed by atoms with Gasteiger partial charge in [0.25, 0.3) is 0 Å². The molecule has 18 heavy (non-hydrogen) atoms. The maximum absolute atomic E-state index is 5.93. The summed E-state index contributed by atoms with van der Waals surface area (Å²) in [5.41, 5.74) is 2.09. The van der Waals surface area contributed by atoms with Crippen LogP contribution in [0.3, 0.4) is 0 Å². The van der Waals surface area contributed by atoms with Gasteiger partial charge in [-0.25, -0.2) is 9.97 Å². The summed E-state index contributed by atoms with van der Waals surface area (Å²) in [7, 11) is 0. The van der Waals surface area contributed by atoms with E-state index in [1.165, 1.54) is 12.8 Å². The summed E-state index contributed by atoms with van der Waals surface area (Å²) >= 11 is 5.93. The van der Waals surface area contributed by atoms with Crippen molar-refractivity contribution in [3.63, 3.8) is 0 Å². The van der Waals surface area contributed by atoms with Crippen molar-refractivity contribution in [3.05, 3.63) is 23.3 Å². The van der Waals surface area contributed by atoms with Crippen LogP contribution in [0.15, 0.2) is 6.20 Å². The Balaban J connectivity index is 2.29. The summed E-state index contributed by atoms with van der Waals surface area (Å²) in [6.07, 6.45) is 4.38. The van der Waals surface area contributed by atoms with Crippen LogP contribution in [-0.2, 0) is 10.6 Å². The van der Waals surface area contributed by atoms with Crippen molar-refractivity contribution in [2.24, 2.45) is 5.92 Å². The summed E-state index contributed by atoms with van der Waals surface area (Å²) in [5, 5.41) is 0. The largest absolute Gasteiger partial charge is 0.370 e. The van der Waals surface area contributed by atoms with Crippen LogP contribution in [0.1, 0.15) is 62.7 Å². The van der Waals surface area contributed by atoms with Crippen molar-refractivity contribution in [1.29, 1.82) is 0 Å². The lowest BCUT2D eigenvalue weighted by atomic mass is 10.1. The van der Waals surface area contributed by atoms with E-state index in [0.29, 0.717) is 24.3 Å². The van der Waals surface area contributed by atoms with Gasteiger partial charge in [-0.15, -0.1) is 11.6 Å². The van der Waals surface area contributed by atoms with Gasteiger partial charge >= 0.3 is 0 Å². The van der Waals surface area contributed by atoms with Crippen LogP contribution in [0.4, 0.5) is 0 Å². The highest BCUT2D eigenvalue weighted by atomic mass is 35.5. The number of nitrogens with zero attached hydrogens (tertiary/aromatic N) is 2. The predicted molar refractivity (Wildman–Crippen MR) is 72.8 cm³/mol. The molecule has 0 N–H and O–H groups in total. The Hall–Kier alpha value is -0.670. The Bertz CT molecular complexity index is 405. The Morgan fingerprint density at radius 3 is 2.67 bits per heavy atom. The van der Waals surface area contributed by atoms with E-state index < -0.39 is 0 Å². The van der Waals surface area contributed by atoms with Gasteiger partial charge in [-0.05, 0) is 31.6 Å². The molecule has 0 saturated heterocycles. The van der Waals surface area contributed by atoms with E-state index in [0.717, 1.165) is 17.1 Å². The van der Waals surface area contributed by atoms with E-state index in [-0.39, 0.29) is 6.10 Å². The first kappa shape index (κ1) is 13.8. The van der Waals surface area contributed by atoms with E-state index in [4.69, 9.17) is 21.3 Å². The monoisotopic (exact) mass is 268 g/mol. The summed E-state index contributed by atoms with van der Waals surface area (Å²) in [5.74, 6) is 2.27. The van der Waals surface area contributed by atoms with Crippen molar-refractivity contribution in [1.82, 2.24) is 9.97 Å². The Morgan fingerprint density at radius 1 is 1.44 bits per heavy atom. The lowest BCUT2D eigenvalue weighted by Crippen LogP contribution is -2.13. The van der Waals surface area contributed by atoms with Gasteiger partial charge in [0.15, 0.2) is 5.82 Å². The molecule has 4 heteroatoms. The zero-order valence-electron chi connectivity index (χ0n) is 11.3. The van der Waals surface area contributed by atoms with Crippen LogP contribution < -0.4 is 0 Å². The Labute approximate surface area is 114 Å². The molecule has 0 bridgehead atoms. The molecule has 0 spiro atoms. The average Bonchev–Trinajstić information content (AvgIpc) is 3.19. The number of ether oxygens (including phenoxy) is 1. The fourth-order valence-corrected chi connectivity index (χ4v) is 2.38. The second kappa shape index (κ2) is 5.98. The third-order valence-corrected chi connectivity index (χ3v) is 3.55. The minimum atomic E-state index is 0.0666. The van der Waals surface area contributed by atoms with E-state index in [9.17, 15) is 0 Å². The predicted octanol–water partition coefficient (Wildman–Crippen LogP) is 3.83. The molecule has 1 aliphatic carbocycles.